The summed E-state index contributed by atoms with van der Waals surface area (Å²) in [5.74, 6) is -0.149. The van der Waals surface area contributed by atoms with Crippen LogP contribution in [0.15, 0.2) is 65.1 Å². The minimum absolute atomic E-state index is 0. The molecule has 3 heterocycles. The van der Waals surface area contributed by atoms with Gasteiger partial charge in [-0.1, -0.05) is 17.4 Å². The second-order valence-corrected chi connectivity index (χ2v) is 11.0. The molecular formula is C24H23F3N6O4S2. The Hall–Kier alpha value is -3.98. The van der Waals surface area contributed by atoms with E-state index in [0.717, 1.165) is 23.1 Å². The summed E-state index contributed by atoms with van der Waals surface area (Å²) in [6, 6.07) is 11.5. The number of anilines is 2. The molecule has 1 fully saturated rings. The van der Waals surface area contributed by atoms with E-state index < -0.39 is 21.8 Å². The number of benzene rings is 2. The molecule has 10 nitrogen and oxygen atoms in total. The minimum Gasteiger partial charge on any atom is -0.483 e. The van der Waals surface area contributed by atoms with Gasteiger partial charge in [0.2, 0.25) is 5.13 Å². The lowest BCUT2D eigenvalue weighted by Crippen LogP contribution is -2.50. The lowest BCUT2D eigenvalue weighted by atomic mass is 10.1. The van der Waals surface area contributed by atoms with Gasteiger partial charge in [-0.3, -0.25) is 14.5 Å². The van der Waals surface area contributed by atoms with E-state index in [1.54, 1.807) is 17.0 Å². The number of aromatic nitrogens is 3. The zero-order valence-corrected chi connectivity index (χ0v) is 21.8. The second kappa shape index (κ2) is 10.6. The number of ether oxygens (including phenoxy) is 1. The van der Waals surface area contributed by atoms with Crippen LogP contribution >= 0.6 is 11.3 Å². The topological polar surface area (TPSA) is 118 Å². The molecule has 1 aliphatic heterocycles. The van der Waals surface area contributed by atoms with Gasteiger partial charge in [0, 0.05) is 44.9 Å². The normalized spacial score (nSPS) is 14.4. The molecule has 0 radical (unpaired) electrons. The highest BCUT2D eigenvalue weighted by atomic mass is 32.2. The summed E-state index contributed by atoms with van der Waals surface area (Å²) in [5.41, 5.74) is 1.12. The largest absolute Gasteiger partial charge is 0.483 e. The highest BCUT2D eigenvalue weighted by molar-refractivity contribution is 7.93. The number of piperazine rings is 1. The predicted octanol–water partition coefficient (Wildman–Crippen LogP) is 3.88. The summed E-state index contributed by atoms with van der Waals surface area (Å²) in [6.45, 7) is 1.48. The fraction of sp³-hybridized carbons (Fsp3) is 0.250. The summed E-state index contributed by atoms with van der Waals surface area (Å²) >= 11 is 1.07. The Morgan fingerprint density at radius 1 is 1.08 bits per heavy atom. The van der Waals surface area contributed by atoms with Crippen LogP contribution in [-0.4, -0.2) is 67.2 Å². The van der Waals surface area contributed by atoms with Crippen LogP contribution in [0.3, 0.4) is 0 Å². The molecule has 0 spiro atoms. The molecule has 2 aromatic carbocycles. The summed E-state index contributed by atoms with van der Waals surface area (Å²) in [7, 11) is -3.79. The Morgan fingerprint density at radius 2 is 1.82 bits per heavy atom. The average molecular weight is 581 g/mol. The third-order valence-electron chi connectivity index (χ3n) is 6.11. The monoisotopic (exact) mass is 580 g/mol. The Morgan fingerprint density at radius 3 is 2.49 bits per heavy atom. The lowest BCUT2D eigenvalue weighted by Gasteiger charge is -2.36. The quantitative estimate of drug-likeness (QED) is 0.350. The van der Waals surface area contributed by atoms with Crippen molar-refractivity contribution in [1.29, 1.82) is 0 Å². The number of hydrogen-bond donors (Lipinski definition) is 1. The number of nitrogens with zero attached hydrogens (tertiary/aromatic N) is 5. The molecule has 1 aliphatic rings. The van der Waals surface area contributed by atoms with E-state index in [9.17, 15) is 26.4 Å². The van der Waals surface area contributed by atoms with Crippen LogP contribution in [-0.2, 0) is 21.0 Å². The first-order valence-corrected chi connectivity index (χ1v) is 14.0. The van der Waals surface area contributed by atoms with E-state index in [4.69, 9.17) is 4.74 Å². The molecule has 15 heteroatoms. The molecule has 0 bridgehead atoms. The number of rotatable bonds is 7. The number of hydrogen-bond acceptors (Lipinski definition) is 9. The van der Waals surface area contributed by atoms with Crippen molar-refractivity contribution in [3.05, 3.63) is 65.8 Å². The number of sulfonamides is 1. The van der Waals surface area contributed by atoms with Crippen molar-refractivity contribution in [2.75, 3.05) is 42.4 Å². The smallest absolute Gasteiger partial charge is 0.418 e. The van der Waals surface area contributed by atoms with Crippen molar-refractivity contribution in [2.24, 2.45) is 0 Å². The highest BCUT2D eigenvalue weighted by Gasteiger charge is 2.33. The number of pyridine rings is 1. The Bertz CT molecular complexity index is 1580. The van der Waals surface area contributed by atoms with Crippen molar-refractivity contribution in [3.8, 4) is 5.75 Å². The second-order valence-electron chi connectivity index (χ2n) is 8.51. The van der Waals surface area contributed by atoms with Crippen LogP contribution in [0.1, 0.15) is 6.99 Å². The highest BCUT2D eigenvalue weighted by Crippen LogP contribution is 2.36. The van der Waals surface area contributed by atoms with Gasteiger partial charge in [0.1, 0.15) is 11.3 Å². The van der Waals surface area contributed by atoms with Gasteiger partial charge in [-0.05, 0) is 42.5 Å². The van der Waals surface area contributed by atoms with Crippen LogP contribution < -0.4 is 14.4 Å². The van der Waals surface area contributed by atoms with Crippen LogP contribution in [0, 0.1) is 0 Å². The Balaban J connectivity index is 0.00000370. The number of fused-ring (bicyclic) bond motifs is 1. The van der Waals surface area contributed by atoms with Crippen LogP contribution in [0.2, 0.25) is 0 Å². The lowest BCUT2D eigenvalue weighted by molar-refractivity contribution is -0.136. The maximum atomic E-state index is 13.3. The number of halogens is 3. The van der Waals surface area contributed by atoms with Crippen molar-refractivity contribution in [2.45, 2.75) is 11.1 Å². The molecule has 1 amide bonds. The zero-order valence-electron chi connectivity index (χ0n) is 20.1. The molecule has 1 saturated heterocycles. The zero-order chi connectivity index (χ0) is 27.6. The predicted molar refractivity (Wildman–Crippen MR) is 140 cm³/mol. The first kappa shape index (κ1) is 26.6. The number of nitrogens with one attached hydrogen (secondary N) is 1. The summed E-state index contributed by atoms with van der Waals surface area (Å²) in [6.07, 6.45) is -3.34. The van der Waals surface area contributed by atoms with Crippen molar-refractivity contribution in [1.82, 2.24) is 20.1 Å². The van der Waals surface area contributed by atoms with Crippen LogP contribution in [0.5, 0.6) is 5.75 Å². The molecule has 1 N–H and O–H groups in total. The molecule has 0 unspecified atom stereocenters. The molecule has 206 valence electrons. The van der Waals surface area contributed by atoms with Crippen molar-refractivity contribution >= 4 is 49.0 Å². The Labute approximate surface area is 226 Å². The summed E-state index contributed by atoms with van der Waals surface area (Å²) < 4.78 is 73.0. The number of amides is 1. The number of alkyl halides is 3. The van der Waals surface area contributed by atoms with Gasteiger partial charge < -0.3 is 14.5 Å². The maximum absolute atomic E-state index is 13.3. The van der Waals surface area contributed by atoms with Gasteiger partial charge in [0.15, 0.2) is 6.61 Å². The van der Waals surface area contributed by atoms with E-state index >= 15 is 0 Å². The number of carbonyl (C=O) groups is 1. The van der Waals surface area contributed by atoms with Crippen LogP contribution in [0.25, 0.3) is 10.9 Å². The fourth-order valence-corrected chi connectivity index (χ4v) is 5.87. The third kappa shape index (κ3) is 5.88. The fourth-order valence-electron chi connectivity index (χ4n) is 4.18. The van der Waals surface area contributed by atoms with E-state index in [0.29, 0.717) is 26.2 Å². The molecule has 39 heavy (non-hydrogen) atoms. The van der Waals surface area contributed by atoms with E-state index in [1.807, 2.05) is 4.90 Å². The third-order valence-corrected chi connectivity index (χ3v) is 8.20. The number of para-hydroxylation sites is 1. The first-order valence-electron chi connectivity index (χ1n) is 11.6. The van der Waals surface area contributed by atoms with Gasteiger partial charge in [-0.25, -0.2) is 8.42 Å². The minimum atomic E-state index is -4.56. The van der Waals surface area contributed by atoms with E-state index in [-0.39, 0.29) is 40.6 Å². The Kier molecular flexibility index (Phi) is 7.27. The van der Waals surface area contributed by atoms with Gasteiger partial charge in [0.05, 0.1) is 16.0 Å². The molecule has 5 rings (SSSR count). The van der Waals surface area contributed by atoms with Crippen molar-refractivity contribution < 1.29 is 32.5 Å². The SMILES string of the molecule is O=C(COc1ccnc2c(C(F)(F)F)cccc12)N1CCN(c2ccc(S(=O)(=O)Nc3nncs3)cc2)CC1.[HH]. The molecule has 0 atom stereocenters. The van der Waals surface area contributed by atoms with E-state index in [2.05, 4.69) is 19.9 Å². The van der Waals surface area contributed by atoms with Gasteiger partial charge in [0.25, 0.3) is 15.9 Å². The molecular weight excluding hydrogens is 557 g/mol. The maximum Gasteiger partial charge on any atom is 0.418 e. The van der Waals surface area contributed by atoms with Gasteiger partial charge in [-0.2, -0.15) is 13.2 Å². The standard InChI is InChI=1S/C24H21F3N6O4S2.H2/c25-24(26,27)19-3-1-2-18-20(8-9-28-22(18)19)37-14-21(34)33-12-10-32(11-13-33)16-4-6-17(7-5-16)39(35,36)31-23-30-29-15-38-23;/h1-9,15H,10-14H2,(H,30,31);1H. The van der Waals surface area contributed by atoms with E-state index in [1.165, 1.54) is 42.0 Å². The molecule has 2 aromatic heterocycles. The van der Waals surface area contributed by atoms with Gasteiger partial charge >= 0.3 is 6.18 Å². The summed E-state index contributed by atoms with van der Waals surface area (Å²) in [5, 5.41) is 7.63. The van der Waals surface area contributed by atoms with Crippen molar-refractivity contribution in [3.63, 3.8) is 0 Å². The molecule has 0 aliphatic carbocycles. The average Bonchev–Trinajstić information content (AvgIpc) is 3.43. The molecule has 4 aromatic rings. The summed E-state index contributed by atoms with van der Waals surface area (Å²) in [4.78, 5) is 20.3. The van der Waals surface area contributed by atoms with Gasteiger partial charge in [-0.15, -0.1) is 10.2 Å². The molecule has 0 saturated carbocycles. The first-order chi connectivity index (χ1) is 18.6. The van der Waals surface area contributed by atoms with Crippen LogP contribution in [0.4, 0.5) is 24.0 Å². The number of carbonyl (C=O) groups excluding carboxylic acids is 1.